The number of esters is 1. The van der Waals surface area contributed by atoms with E-state index in [0.29, 0.717) is 10.0 Å². The molecule has 0 aliphatic rings. The van der Waals surface area contributed by atoms with Crippen molar-refractivity contribution in [2.24, 2.45) is 11.7 Å². The van der Waals surface area contributed by atoms with Gasteiger partial charge < -0.3 is 15.8 Å². The van der Waals surface area contributed by atoms with Crippen LogP contribution in [0.15, 0.2) is 54.2 Å². The van der Waals surface area contributed by atoms with E-state index in [1.165, 1.54) is 17.5 Å². The number of nitrogens with zero attached hydrogens (tertiary/aromatic N) is 2. The van der Waals surface area contributed by atoms with Crippen LogP contribution in [-0.2, 0) is 9.53 Å². The average Bonchev–Trinajstić information content (AvgIpc) is 3.55. The van der Waals surface area contributed by atoms with Crippen molar-refractivity contribution in [3.05, 3.63) is 64.7 Å². The number of terminal acetylenes is 1. The zero-order chi connectivity index (χ0) is 25.7. The molecule has 8 nitrogen and oxygen atoms in total. The van der Waals surface area contributed by atoms with Crippen LogP contribution in [0.4, 0.5) is 9.80 Å². The molecule has 0 saturated heterocycles. The summed E-state index contributed by atoms with van der Waals surface area (Å²) < 4.78 is 6.57. The third-order valence-corrected chi connectivity index (χ3v) is 7.25. The molecule has 4 N–H and O–H groups in total. The summed E-state index contributed by atoms with van der Waals surface area (Å²) in [6, 6.07) is 11.9. The number of amides is 2. The first kappa shape index (κ1) is 25.3. The molecule has 184 valence electrons. The fourth-order valence-corrected chi connectivity index (χ4v) is 4.92. The summed E-state index contributed by atoms with van der Waals surface area (Å²) in [5, 5.41) is 6.56. The highest BCUT2D eigenvalue weighted by atomic mass is 32.1. The summed E-state index contributed by atoms with van der Waals surface area (Å²) in [6.07, 6.45) is 6.84. The van der Waals surface area contributed by atoms with Gasteiger partial charge in [0.15, 0.2) is 5.01 Å². The number of urea groups is 1. The molecular weight excluding hydrogens is 494 g/mol. The fraction of sp³-hybridized carbons (Fsp3) is 0.231. The van der Waals surface area contributed by atoms with Gasteiger partial charge in [0.1, 0.15) is 17.6 Å². The van der Waals surface area contributed by atoms with E-state index in [9.17, 15) is 9.59 Å². The lowest BCUT2D eigenvalue weighted by molar-refractivity contribution is -0.147. The molecule has 2 atom stereocenters. The zero-order valence-corrected chi connectivity index (χ0v) is 21.4. The Kier molecular flexibility index (Phi) is 7.95. The number of carbonyl (C=O) groups excluding carboxylic acids is 2. The minimum atomic E-state index is -0.749. The van der Waals surface area contributed by atoms with Gasteiger partial charge in [-0.05, 0) is 29.0 Å². The Morgan fingerprint density at radius 3 is 2.64 bits per heavy atom. The van der Waals surface area contributed by atoms with Crippen LogP contribution in [0.5, 0.6) is 0 Å². The summed E-state index contributed by atoms with van der Waals surface area (Å²) in [5.74, 6) is 1.84. The van der Waals surface area contributed by atoms with E-state index in [-0.39, 0.29) is 12.5 Å². The Hall–Kier alpha value is -3.78. The molecule has 0 aliphatic carbocycles. The third kappa shape index (κ3) is 5.88. The first-order chi connectivity index (χ1) is 17.4. The molecule has 0 spiro atoms. The van der Waals surface area contributed by atoms with Crippen molar-refractivity contribution in [1.29, 1.82) is 0 Å². The van der Waals surface area contributed by atoms with Crippen LogP contribution in [0.25, 0.3) is 21.3 Å². The van der Waals surface area contributed by atoms with Crippen LogP contribution in [0.1, 0.15) is 30.5 Å². The Bertz CT molecular complexity index is 1400. The monoisotopic (exact) mass is 519 g/mol. The molecule has 0 fully saturated rings. The lowest BCUT2D eigenvalue weighted by Crippen LogP contribution is -2.40. The lowest BCUT2D eigenvalue weighted by atomic mass is 10.0. The Morgan fingerprint density at radius 2 is 1.94 bits per heavy atom. The first-order valence-electron chi connectivity index (χ1n) is 11.2. The first-order valence-corrected chi connectivity index (χ1v) is 12.9. The van der Waals surface area contributed by atoms with Crippen molar-refractivity contribution in [1.82, 2.24) is 15.3 Å². The SMILES string of the molecule is C#Cc1ncc(NC(=O)N[C@@H](COC(=O)[C@@H](N)C(C)C)c2ccc(-c3cccc4ncsc34)cc2)s1. The number of nitrogens with one attached hydrogen (secondary N) is 2. The van der Waals surface area contributed by atoms with Gasteiger partial charge in [0.25, 0.3) is 0 Å². The summed E-state index contributed by atoms with van der Waals surface area (Å²) in [4.78, 5) is 33.5. The number of anilines is 1. The highest BCUT2D eigenvalue weighted by molar-refractivity contribution is 7.17. The van der Waals surface area contributed by atoms with E-state index < -0.39 is 24.1 Å². The van der Waals surface area contributed by atoms with Crippen molar-refractivity contribution < 1.29 is 14.3 Å². The van der Waals surface area contributed by atoms with Crippen molar-refractivity contribution in [2.45, 2.75) is 25.9 Å². The average molecular weight is 520 g/mol. The summed E-state index contributed by atoms with van der Waals surface area (Å²) >= 11 is 2.77. The number of hydrogen-bond acceptors (Lipinski definition) is 8. The van der Waals surface area contributed by atoms with Crippen LogP contribution in [0.2, 0.25) is 0 Å². The normalized spacial score (nSPS) is 12.6. The summed E-state index contributed by atoms with van der Waals surface area (Å²) in [7, 11) is 0. The number of hydrogen-bond donors (Lipinski definition) is 3. The molecule has 0 bridgehead atoms. The van der Waals surface area contributed by atoms with E-state index in [4.69, 9.17) is 16.9 Å². The summed E-state index contributed by atoms with van der Waals surface area (Å²) in [6.45, 7) is 3.61. The standard InChI is InChI=1S/C26H25N5O3S2/c1-4-21-28-12-22(36-21)31-26(33)30-20(13-34-25(32)23(27)15(2)3)17-10-8-16(9-11-17)18-6-5-7-19-24(18)35-14-29-19/h1,5-12,14-15,20,23H,13,27H2,2-3H3,(H2,30,31,33)/t20-,23-/m0/s1. The molecule has 10 heteroatoms. The number of aromatic nitrogens is 2. The smallest absolute Gasteiger partial charge is 0.323 e. The number of rotatable bonds is 8. The van der Waals surface area contributed by atoms with Gasteiger partial charge in [-0.25, -0.2) is 14.8 Å². The van der Waals surface area contributed by atoms with E-state index in [0.717, 1.165) is 26.9 Å². The predicted octanol–water partition coefficient (Wildman–Crippen LogP) is 4.79. The second-order valence-electron chi connectivity index (χ2n) is 8.35. The maximum Gasteiger partial charge on any atom is 0.323 e. The molecule has 36 heavy (non-hydrogen) atoms. The molecule has 0 unspecified atom stereocenters. The van der Waals surface area contributed by atoms with Crippen LogP contribution in [0.3, 0.4) is 0 Å². The number of ether oxygens (including phenoxy) is 1. The molecule has 0 radical (unpaired) electrons. The summed E-state index contributed by atoms with van der Waals surface area (Å²) in [5.41, 5.74) is 11.6. The van der Waals surface area contributed by atoms with Gasteiger partial charge in [-0.2, -0.15) is 0 Å². The van der Waals surface area contributed by atoms with Gasteiger partial charge in [0.2, 0.25) is 0 Å². The molecule has 0 saturated carbocycles. The van der Waals surface area contributed by atoms with Crippen LogP contribution < -0.4 is 16.4 Å². The molecule has 2 amide bonds. The molecular formula is C26H25N5O3S2. The topological polar surface area (TPSA) is 119 Å². The number of nitrogens with two attached hydrogens (primary N) is 1. The van der Waals surface area contributed by atoms with Crippen LogP contribution >= 0.6 is 22.7 Å². The minimum absolute atomic E-state index is 0.0716. The van der Waals surface area contributed by atoms with Gasteiger partial charge in [0, 0.05) is 5.56 Å². The maximum atomic E-state index is 12.7. The minimum Gasteiger partial charge on any atom is -0.462 e. The molecule has 4 rings (SSSR count). The Morgan fingerprint density at radius 1 is 1.17 bits per heavy atom. The lowest BCUT2D eigenvalue weighted by Gasteiger charge is -2.21. The van der Waals surface area contributed by atoms with Gasteiger partial charge in [-0.15, -0.1) is 17.8 Å². The number of fused-ring (bicyclic) bond motifs is 1. The quantitative estimate of drug-likeness (QED) is 0.227. The van der Waals surface area contributed by atoms with E-state index >= 15 is 0 Å². The predicted molar refractivity (Wildman–Crippen MR) is 144 cm³/mol. The number of carbonyl (C=O) groups is 2. The van der Waals surface area contributed by atoms with Crippen LogP contribution in [0, 0.1) is 18.3 Å². The molecule has 2 heterocycles. The zero-order valence-electron chi connectivity index (χ0n) is 19.7. The van der Waals surface area contributed by atoms with Gasteiger partial charge >= 0.3 is 12.0 Å². The largest absolute Gasteiger partial charge is 0.462 e. The van der Waals surface area contributed by atoms with Gasteiger partial charge in [-0.3, -0.25) is 10.1 Å². The highest BCUT2D eigenvalue weighted by Gasteiger charge is 2.23. The maximum absolute atomic E-state index is 12.7. The molecule has 2 aromatic heterocycles. The number of benzene rings is 2. The van der Waals surface area contributed by atoms with E-state index in [1.807, 2.05) is 61.8 Å². The Balaban J connectivity index is 1.53. The fourth-order valence-electron chi connectivity index (χ4n) is 3.47. The van der Waals surface area contributed by atoms with E-state index in [1.54, 1.807) is 11.3 Å². The van der Waals surface area contributed by atoms with Crippen molar-refractivity contribution >= 4 is 49.9 Å². The van der Waals surface area contributed by atoms with Crippen molar-refractivity contribution in [2.75, 3.05) is 11.9 Å². The molecule has 2 aromatic carbocycles. The van der Waals surface area contributed by atoms with Crippen molar-refractivity contribution in [3.63, 3.8) is 0 Å². The number of thiazole rings is 2. The third-order valence-electron chi connectivity index (χ3n) is 5.53. The highest BCUT2D eigenvalue weighted by Crippen LogP contribution is 2.31. The van der Waals surface area contributed by atoms with Gasteiger partial charge in [-0.1, -0.05) is 61.6 Å². The van der Waals surface area contributed by atoms with E-state index in [2.05, 4.69) is 26.5 Å². The Labute approximate surface area is 216 Å². The second-order valence-corrected chi connectivity index (χ2v) is 10.2. The van der Waals surface area contributed by atoms with Gasteiger partial charge in [0.05, 0.1) is 28.0 Å². The van der Waals surface area contributed by atoms with Crippen molar-refractivity contribution in [3.8, 4) is 23.5 Å². The second kappa shape index (κ2) is 11.3. The van der Waals surface area contributed by atoms with Crippen LogP contribution in [-0.4, -0.2) is 34.6 Å². The molecule has 4 aromatic rings. The molecule has 0 aliphatic heterocycles.